The van der Waals surface area contributed by atoms with Crippen molar-refractivity contribution in [2.75, 3.05) is 20.7 Å². The Balaban J connectivity index is 3.10. The van der Waals surface area contributed by atoms with Gasteiger partial charge in [0, 0.05) is 19.7 Å². The van der Waals surface area contributed by atoms with Gasteiger partial charge in [0.05, 0.1) is 13.0 Å². The minimum atomic E-state index is -3.95. The standard InChI is InChI=1S/C12H17NO7S/c1-7(11(14)15)6-13(3)21(17,18)10-5-9(12(16)19-4)20-8(10)2/h5,7H,6H2,1-4H3,(H,14,15). The molecule has 1 rings (SSSR count). The minimum absolute atomic E-state index is 0.0326. The first-order valence-corrected chi connectivity index (χ1v) is 7.43. The van der Waals surface area contributed by atoms with E-state index in [0.29, 0.717) is 0 Å². The lowest BCUT2D eigenvalue weighted by atomic mass is 10.2. The maximum atomic E-state index is 12.4. The highest BCUT2D eigenvalue weighted by Gasteiger charge is 2.30. The van der Waals surface area contributed by atoms with E-state index in [1.807, 2.05) is 0 Å². The summed E-state index contributed by atoms with van der Waals surface area (Å²) in [4.78, 5) is 21.9. The van der Waals surface area contributed by atoms with Gasteiger partial charge in [-0.15, -0.1) is 0 Å². The van der Waals surface area contributed by atoms with Crippen LogP contribution < -0.4 is 0 Å². The molecule has 0 spiro atoms. The summed E-state index contributed by atoms with van der Waals surface area (Å²) in [5.74, 6) is -2.95. The second kappa shape index (κ2) is 6.27. The molecular formula is C12H17NO7S. The molecule has 0 saturated carbocycles. The van der Waals surface area contributed by atoms with Gasteiger partial charge in [0.2, 0.25) is 15.8 Å². The summed E-state index contributed by atoms with van der Waals surface area (Å²) in [7, 11) is -1.54. The van der Waals surface area contributed by atoms with Crippen molar-refractivity contribution >= 4 is 22.0 Å². The molecule has 0 amide bonds. The van der Waals surface area contributed by atoms with Crippen LogP contribution in [0.4, 0.5) is 0 Å². The summed E-state index contributed by atoms with van der Waals surface area (Å²) in [6.45, 7) is 2.60. The molecule has 1 aromatic rings. The monoisotopic (exact) mass is 319 g/mol. The number of esters is 1. The molecule has 0 aliphatic rings. The van der Waals surface area contributed by atoms with Gasteiger partial charge in [-0.05, 0) is 6.92 Å². The number of methoxy groups -OCH3 is 1. The number of hydrogen-bond donors (Lipinski definition) is 1. The van der Waals surface area contributed by atoms with Crippen LogP contribution in [0.1, 0.15) is 23.2 Å². The predicted molar refractivity (Wildman–Crippen MR) is 71.4 cm³/mol. The number of carboxylic acids is 1. The van der Waals surface area contributed by atoms with E-state index in [4.69, 9.17) is 9.52 Å². The average molecular weight is 319 g/mol. The Labute approximate surface area is 122 Å². The van der Waals surface area contributed by atoms with Crippen LogP contribution in [0, 0.1) is 12.8 Å². The normalized spacial score (nSPS) is 13.2. The van der Waals surface area contributed by atoms with Gasteiger partial charge in [-0.3, -0.25) is 4.79 Å². The first-order valence-electron chi connectivity index (χ1n) is 5.99. The molecule has 0 fully saturated rings. The van der Waals surface area contributed by atoms with Gasteiger partial charge in [-0.1, -0.05) is 6.92 Å². The van der Waals surface area contributed by atoms with Crippen molar-refractivity contribution < 1.29 is 32.3 Å². The van der Waals surface area contributed by atoms with E-state index in [1.165, 1.54) is 20.9 Å². The topological polar surface area (TPSA) is 114 Å². The van der Waals surface area contributed by atoms with E-state index in [0.717, 1.165) is 17.5 Å². The highest BCUT2D eigenvalue weighted by Crippen LogP contribution is 2.24. The first kappa shape index (κ1) is 17.2. The molecule has 0 bridgehead atoms. The Kier molecular flexibility index (Phi) is 5.13. The van der Waals surface area contributed by atoms with E-state index in [1.54, 1.807) is 0 Å². The van der Waals surface area contributed by atoms with Crippen molar-refractivity contribution in [2.24, 2.45) is 5.92 Å². The molecule has 21 heavy (non-hydrogen) atoms. The molecule has 0 radical (unpaired) electrons. The van der Waals surface area contributed by atoms with E-state index in [-0.39, 0.29) is 23.0 Å². The molecule has 0 aromatic carbocycles. The van der Waals surface area contributed by atoms with Crippen molar-refractivity contribution in [1.29, 1.82) is 0 Å². The van der Waals surface area contributed by atoms with Gasteiger partial charge >= 0.3 is 11.9 Å². The van der Waals surface area contributed by atoms with E-state index in [9.17, 15) is 18.0 Å². The van der Waals surface area contributed by atoms with Gasteiger partial charge in [0.25, 0.3) is 0 Å². The summed E-state index contributed by atoms with van der Waals surface area (Å²) >= 11 is 0. The third kappa shape index (κ3) is 3.61. The van der Waals surface area contributed by atoms with Crippen molar-refractivity contribution in [3.63, 3.8) is 0 Å². The third-order valence-electron chi connectivity index (χ3n) is 2.90. The third-order valence-corrected chi connectivity index (χ3v) is 4.83. The molecule has 0 aliphatic heterocycles. The fourth-order valence-electron chi connectivity index (χ4n) is 1.65. The van der Waals surface area contributed by atoms with Crippen molar-refractivity contribution in [3.8, 4) is 0 Å². The van der Waals surface area contributed by atoms with Gasteiger partial charge in [-0.2, -0.15) is 4.31 Å². The minimum Gasteiger partial charge on any atom is -0.481 e. The second-order valence-electron chi connectivity index (χ2n) is 4.55. The van der Waals surface area contributed by atoms with Crippen LogP contribution in [0.25, 0.3) is 0 Å². The lowest BCUT2D eigenvalue weighted by Gasteiger charge is -2.18. The molecule has 1 unspecified atom stereocenters. The summed E-state index contributed by atoms with van der Waals surface area (Å²) in [6.07, 6.45) is 0. The number of rotatable bonds is 6. The quantitative estimate of drug-likeness (QED) is 0.768. The fraction of sp³-hybridized carbons (Fsp3) is 0.500. The average Bonchev–Trinajstić information content (AvgIpc) is 2.80. The Morgan fingerprint density at radius 2 is 2.05 bits per heavy atom. The number of carbonyl (C=O) groups excluding carboxylic acids is 1. The number of ether oxygens (including phenoxy) is 1. The van der Waals surface area contributed by atoms with Crippen LogP contribution >= 0.6 is 0 Å². The molecule has 0 aliphatic carbocycles. The van der Waals surface area contributed by atoms with Gasteiger partial charge in [0.1, 0.15) is 10.7 Å². The van der Waals surface area contributed by atoms with Crippen molar-refractivity contribution in [3.05, 3.63) is 17.6 Å². The number of furan rings is 1. The van der Waals surface area contributed by atoms with Gasteiger partial charge < -0.3 is 14.3 Å². The summed E-state index contributed by atoms with van der Waals surface area (Å²) < 4.78 is 35.1. The van der Waals surface area contributed by atoms with E-state index < -0.39 is 27.9 Å². The first-order chi connectivity index (χ1) is 9.61. The number of carbonyl (C=O) groups is 2. The molecule has 1 aromatic heterocycles. The Morgan fingerprint density at radius 3 is 2.52 bits per heavy atom. The van der Waals surface area contributed by atoms with Crippen molar-refractivity contribution in [2.45, 2.75) is 18.7 Å². The zero-order valence-corrected chi connectivity index (χ0v) is 12.9. The molecule has 8 nitrogen and oxygen atoms in total. The van der Waals surface area contributed by atoms with Crippen LogP contribution in [0.2, 0.25) is 0 Å². The predicted octanol–water partition coefficient (Wildman–Crippen LogP) is 0.716. The number of hydrogen-bond acceptors (Lipinski definition) is 6. The zero-order chi connectivity index (χ0) is 16.4. The SMILES string of the molecule is COC(=O)c1cc(S(=O)(=O)N(C)CC(C)C(=O)O)c(C)o1. The lowest BCUT2D eigenvalue weighted by Crippen LogP contribution is -2.33. The van der Waals surface area contributed by atoms with Gasteiger partial charge in [-0.25, -0.2) is 13.2 Å². The number of aliphatic carboxylic acids is 1. The molecule has 0 saturated heterocycles. The fourth-order valence-corrected chi connectivity index (χ4v) is 3.07. The second-order valence-corrected chi connectivity index (χ2v) is 6.56. The van der Waals surface area contributed by atoms with Crippen LogP contribution in [-0.2, 0) is 19.6 Å². The van der Waals surface area contributed by atoms with Crippen LogP contribution in [-0.4, -0.2) is 50.5 Å². The molecule has 9 heteroatoms. The van der Waals surface area contributed by atoms with E-state index >= 15 is 0 Å². The van der Waals surface area contributed by atoms with Crippen LogP contribution in [0.15, 0.2) is 15.4 Å². The summed E-state index contributed by atoms with van der Waals surface area (Å²) in [5.41, 5.74) is 0. The Bertz CT molecular complexity index is 647. The zero-order valence-electron chi connectivity index (χ0n) is 12.1. The highest BCUT2D eigenvalue weighted by atomic mass is 32.2. The largest absolute Gasteiger partial charge is 0.481 e. The van der Waals surface area contributed by atoms with Crippen LogP contribution in [0.5, 0.6) is 0 Å². The maximum Gasteiger partial charge on any atom is 0.373 e. The number of nitrogens with zero attached hydrogens (tertiary/aromatic N) is 1. The lowest BCUT2D eigenvalue weighted by molar-refractivity contribution is -0.141. The van der Waals surface area contributed by atoms with Crippen LogP contribution in [0.3, 0.4) is 0 Å². The smallest absolute Gasteiger partial charge is 0.373 e. The maximum absolute atomic E-state index is 12.4. The Hall–Kier alpha value is -1.87. The van der Waals surface area contributed by atoms with E-state index in [2.05, 4.69) is 4.74 Å². The number of sulfonamides is 1. The number of aryl methyl sites for hydroxylation is 1. The Morgan fingerprint density at radius 1 is 1.48 bits per heavy atom. The summed E-state index contributed by atoms with van der Waals surface area (Å²) in [5, 5.41) is 8.83. The highest BCUT2D eigenvalue weighted by molar-refractivity contribution is 7.89. The number of carboxylic acid groups (broad SMARTS) is 1. The molecule has 1 atom stereocenters. The summed E-state index contributed by atoms with van der Waals surface area (Å²) in [6, 6.07) is 1.07. The van der Waals surface area contributed by atoms with Crippen molar-refractivity contribution in [1.82, 2.24) is 4.31 Å². The molecular weight excluding hydrogens is 302 g/mol. The molecule has 118 valence electrons. The molecule has 1 N–H and O–H groups in total. The van der Waals surface area contributed by atoms with Gasteiger partial charge in [0.15, 0.2) is 0 Å². The molecule has 1 heterocycles.